The van der Waals surface area contributed by atoms with Crippen LogP contribution < -0.4 is 9.64 Å². The highest BCUT2D eigenvalue weighted by molar-refractivity contribution is 6.07. The van der Waals surface area contributed by atoms with E-state index < -0.39 is 0 Å². The average Bonchev–Trinajstić information content (AvgIpc) is 2.83. The van der Waals surface area contributed by atoms with Crippen LogP contribution in [0.1, 0.15) is 16.2 Å². The van der Waals surface area contributed by atoms with Crippen molar-refractivity contribution in [3.05, 3.63) is 90.3 Å². The molecule has 0 radical (unpaired) electrons. The molecule has 0 N–H and O–H groups in total. The molecule has 1 saturated heterocycles. The third kappa shape index (κ3) is 4.12. The zero-order valence-electron chi connectivity index (χ0n) is 17.9. The first-order chi connectivity index (χ1) is 15.7. The van der Waals surface area contributed by atoms with E-state index in [-0.39, 0.29) is 5.91 Å². The lowest BCUT2D eigenvalue weighted by Crippen LogP contribution is -2.49. The van der Waals surface area contributed by atoms with Gasteiger partial charge in [0.2, 0.25) is 5.88 Å². The molecule has 6 heteroatoms. The summed E-state index contributed by atoms with van der Waals surface area (Å²) in [6.07, 6.45) is 0. The number of fused-ring (bicyclic) bond motifs is 1. The molecule has 5 rings (SSSR count). The Bertz CT molecular complexity index is 1250. The fourth-order valence-electron chi connectivity index (χ4n) is 4.07. The molecule has 0 atom stereocenters. The van der Waals surface area contributed by atoms with Crippen molar-refractivity contribution in [2.45, 2.75) is 6.92 Å². The summed E-state index contributed by atoms with van der Waals surface area (Å²) in [7, 11) is 0. The van der Waals surface area contributed by atoms with Gasteiger partial charge >= 0.3 is 0 Å². The second-order valence-corrected chi connectivity index (χ2v) is 7.83. The van der Waals surface area contributed by atoms with Crippen LogP contribution in [0.25, 0.3) is 10.8 Å². The molecule has 1 amide bonds. The van der Waals surface area contributed by atoms with Gasteiger partial charge in [-0.1, -0.05) is 54.6 Å². The number of aryl methyl sites for hydroxylation is 1. The number of aromatic nitrogens is 2. The van der Waals surface area contributed by atoms with Crippen molar-refractivity contribution in [1.29, 1.82) is 0 Å². The molecule has 160 valence electrons. The van der Waals surface area contributed by atoms with Gasteiger partial charge in [0, 0.05) is 37.8 Å². The van der Waals surface area contributed by atoms with Crippen molar-refractivity contribution in [1.82, 2.24) is 14.9 Å². The highest BCUT2D eigenvalue weighted by atomic mass is 16.5. The minimum absolute atomic E-state index is 0.0772. The van der Waals surface area contributed by atoms with E-state index in [1.54, 1.807) is 0 Å². The van der Waals surface area contributed by atoms with Crippen LogP contribution in [0, 0.1) is 6.92 Å². The van der Waals surface area contributed by atoms with Gasteiger partial charge < -0.3 is 14.5 Å². The molecule has 0 aliphatic carbocycles. The second-order valence-electron chi connectivity index (χ2n) is 7.83. The fraction of sp³-hybridized carbons (Fsp3) is 0.192. The fourth-order valence-corrected chi connectivity index (χ4v) is 4.07. The molecule has 1 fully saturated rings. The van der Waals surface area contributed by atoms with Gasteiger partial charge in [-0.15, -0.1) is 0 Å². The summed E-state index contributed by atoms with van der Waals surface area (Å²) in [6.45, 7) is 4.55. The van der Waals surface area contributed by atoms with Crippen molar-refractivity contribution < 1.29 is 9.53 Å². The number of carbonyl (C=O) groups excluding carboxylic acids is 1. The van der Waals surface area contributed by atoms with E-state index in [1.807, 2.05) is 90.7 Å². The smallest absolute Gasteiger partial charge is 0.254 e. The van der Waals surface area contributed by atoms with E-state index in [1.165, 1.54) is 0 Å². The Labute approximate surface area is 187 Å². The van der Waals surface area contributed by atoms with E-state index in [0.717, 1.165) is 27.9 Å². The van der Waals surface area contributed by atoms with E-state index in [9.17, 15) is 4.79 Å². The molecule has 6 nitrogen and oxygen atoms in total. The van der Waals surface area contributed by atoms with E-state index >= 15 is 0 Å². The van der Waals surface area contributed by atoms with Gasteiger partial charge in [0.25, 0.3) is 5.91 Å². The maximum atomic E-state index is 13.2. The lowest BCUT2D eigenvalue weighted by Gasteiger charge is -2.35. The van der Waals surface area contributed by atoms with Gasteiger partial charge in [-0.3, -0.25) is 4.79 Å². The first-order valence-corrected chi connectivity index (χ1v) is 10.8. The Hall–Kier alpha value is -3.93. The Morgan fingerprint density at radius 2 is 1.56 bits per heavy atom. The quantitative estimate of drug-likeness (QED) is 0.476. The summed E-state index contributed by atoms with van der Waals surface area (Å²) in [6, 6.07) is 25.4. The highest BCUT2D eigenvalue weighted by Gasteiger charge is 2.24. The third-order valence-corrected chi connectivity index (χ3v) is 5.68. The summed E-state index contributed by atoms with van der Waals surface area (Å²) in [5, 5.41) is 2.08. The van der Waals surface area contributed by atoms with Crippen molar-refractivity contribution in [3.63, 3.8) is 0 Å². The maximum absolute atomic E-state index is 13.2. The molecular formula is C26H24N4O2. The van der Waals surface area contributed by atoms with Crippen LogP contribution in [0.15, 0.2) is 78.9 Å². The highest BCUT2D eigenvalue weighted by Crippen LogP contribution is 2.25. The number of piperazine rings is 1. The van der Waals surface area contributed by atoms with Gasteiger partial charge in [0.05, 0.1) is 0 Å². The molecule has 1 aromatic heterocycles. The molecule has 0 saturated carbocycles. The lowest BCUT2D eigenvalue weighted by atomic mass is 10.0. The normalized spacial score (nSPS) is 13.9. The van der Waals surface area contributed by atoms with Gasteiger partial charge in [0.1, 0.15) is 17.4 Å². The Balaban J connectivity index is 1.30. The van der Waals surface area contributed by atoms with Crippen LogP contribution in [0.4, 0.5) is 5.82 Å². The Kier molecular flexibility index (Phi) is 5.42. The number of rotatable bonds is 4. The van der Waals surface area contributed by atoms with Gasteiger partial charge in [-0.2, -0.15) is 4.98 Å². The predicted octanol–water partition coefficient (Wildman–Crippen LogP) is 4.69. The van der Waals surface area contributed by atoms with Crippen molar-refractivity contribution >= 4 is 22.5 Å². The van der Waals surface area contributed by atoms with Crippen molar-refractivity contribution in [2.75, 3.05) is 31.1 Å². The van der Waals surface area contributed by atoms with Crippen LogP contribution in [0.3, 0.4) is 0 Å². The second kappa shape index (κ2) is 8.67. The van der Waals surface area contributed by atoms with Gasteiger partial charge in [-0.05, 0) is 35.9 Å². The van der Waals surface area contributed by atoms with Crippen LogP contribution in [0.2, 0.25) is 0 Å². The van der Waals surface area contributed by atoms with Crippen molar-refractivity contribution in [3.8, 4) is 11.6 Å². The minimum atomic E-state index is 0.0772. The standard InChI is InChI=1S/C26H24N4O2/c1-19-27-24(18-25(28-19)32-21-10-3-2-4-11-21)29-14-16-30(17-15-29)26(31)23-13-7-9-20-8-5-6-12-22(20)23/h2-13,18H,14-17H2,1H3. The Morgan fingerprint density at radius 1 is 0.844 bits per heavy atom. The number of hydrogen-bond donors (Lipinski definition) is 0. The SMILES string of the molecule is Cc1nc(Oc2ccccc2)cc(N2CCN(C(=O)c3cccc4ccccc34)CC2)n1. The zero-order chi connectivity index (χ0) is 21.9. The Morgan fingerprint density at radius 3 is 2.38 bits per heavy atom. The summed E-state index contributed by atoms with van der Waals surface area (Å²) in [4.78, 5) is 26.3. The maximum Gasteiger partial charge on any atom is 0.254 e. The number of para-hydroxylation sites is 1. The molecular weight excluding hydrogens is 400 g/mol. The number of anilines is 1. The first kappa shape index (κ1) is 20.0. The van der Waals surface area contributed by atoms with Gasteiger partial charge in [0.15, 0.2) is 0 Å². The molecule has 0 bridgehead atoms. The van der Waals surface area contributed by atoms with Gasteiger partial charge in [-0.25, -0.2) is 4.98 Å². The molecule has 1 aliphatic rings. The van der Waals surface area contributed by atoms with E-state index in [2.05, 4.69) is 14.9 Å². The van der Waals surface area contributed by atoms with Crippen LogP contribution in [0.5, 0.6) is 11.6 Å². The molecule has 1 aliphatic heterocycles. The summed E-state index contributed by atoms with van der Waals surface area (Å²) in [5.74, 6) is 2.81. The van der Waals surface area contributed by atoms with Crippen molar-refractivity contribution in [2.24, 2.45) is 0 Å². The molecule has 3 aromatic carbocycles. The van der Waals surface area contributed by atoms with Crippen LogP contribution in [-0.2, 0) is 0 Å². The summed E-state index contributed by atoms with van der Waals surface area (Å²) < 4.78 is 5.91. The van der Waals surface area contributed by atoms with Crippen LogP contribution in [-0.4, -0.2) is 47.0 Å². The molecule has 2 heterocycles. The largest absolute Gasteiger partial charge is 0.439 e. The minimum Gasteiger partial charge on any atom is -0.439 e. The lowest BCUT2D eigenvalue weighted by molar-refractivity contribution is 0.0748. The average molecular weight is 425 g/mol. The number of amides is 1. The zero-order valence-corrected chi connectivity index (χ0v) is 17.9. The van der Waals surface area contributed by atoms with Crippen LogP contribution >= 0.6 is 0 Å². The summed E-state index contributed by atoms with van der Waals surface area (Å²) in [5.41, 5.74) is 0.757. The topological polar surface area (TPSA) is 58.6 Å². The number of ether oxygens (including phenoxy) is 1. The number of carbonyl (C=O) groups is 1. The number of benzene rings is 3. The number of hydrogen-bond acceptors (Lipinski definition) is 5. The molecule has 0 unspecified atom stereocenters. The van der Waals surface area contributed by atoms with E-state index in [0.29, 0.717) is 37.9 Å². The summed E-state index contributed by atoms with van der Waals surface area (Å²) >= 11 is 0. The van der Waals surface area contributed by atoms with E-state index in [4.69, 9.17) is 4.74 Å². The monoisotopic (exact) mass is 424 g/mol. The third-order valence-electron chi connectivity index (χ3n) is 5.68. The predicted molar refractivity (Wildman–Crippen MR) is 125 cm³/mol. The number of nitrogens with zero attached hydrogens (tertiary/aromatic N) is 4. The first-order valence-electron chi connectivity index (χ1n) is 10.8. The molecule has 4 aromatic rings. The molecule has 32 heavy (non-hydrogen) atoms. The molecule has 0 spiro atoms.